The van der Waals surface area contributed by atoms with E-state index in [1.54, 1.807) is 0 Å². The van der Waals surface area contributed by atoms with E-state index in [4.69, 9.17) is 5.73 Å². The number of rotatable bonds is 4. The van der Waals surface area contributed by atoms with Gasteiger partial charge in [-0.2, -0.15) is 0 Å². The number of benzene rings is 1. The van der Waals surface area contributed by atoms with Crippen LogP contribution in [-0.2, 0) is 0 Å². The summed E-state index contributed by atoms with van der Waals surface area (Å²) in [5, 5.41) is 0. The molecule has 1 aromatic carbocycles. The summed E-state index contributed by atoms with van der Waals surface area (Å²) in [5.41, 5.74) is 7.37. The van der Waals surface area contributed by atoms with Crippen LogP contribution >= 0.6 is 0 Å². The Bertz CT molecular complexity index is 310. The van der Waals surface area contributed by atoms with Crippen molar-refractivity contribution in [3.8, 4) is 0 Å². The first kappa shape index (κ1) is 11.5. The zero-order valence-corrected chi connectivity index (χ0v) is 10.1. The van der Waals surface area contributed by atoms with Crippen LogP contribution in [0, 0.1) is 5.92 Å². The lowest BCUT2D eigenvalue weighted by atomic mass is 9.98. The molecule has 1 aliphatic heterocycles. The van der Waals surface area contributed by atoms with Crippen LogP contribution in [0.15, 0.2) is 30.3 Å². The van der Waals surface area contributed by atoms with Crippen molar-refractivity contribution in [3.05, 3.63) is 30.3 Å². The normalized spacial score (nSPS) is 22.4. The van der Waals surface area contributed by atoms with Gasteiger partial charge in [0.2, 0.25) is 0 Å². The van der Waals surface area contributed by atoms with E-state index < -0.39 is 0 Å². The van der Waals surface area contributed by atoms with E-state index in [1.165, 1.54) is 31.6 Å². The Morgan fingerprint density at radius 1 is 1.38 bits per heavy atom. The molecule has 2 unspecified atom stereocenters. The molecule has 2 heteroatoms. The molecule has 1 aromatic rings. The SMILES string of the molecule is CCC(N)CC1CCN(c2ccccc2)C1. The molecule has 0 aromatic heterocycles. The maximum atomic E-state index is 6.02. The largest absolute Gasteiger partial charge is 0.371 e. The summed E-state index contributed by atoms with van der Waals surface area (Å²) >= 11 is 0. The van der Waals surface area contributed by atoms with Crippen molar-refractivity contribution < 1.29 is 0 Å². The smallest absolute Gasteiger partial charge is 0.0366 e. The summed E-state index contributed by atoms with van der Waals surface area (Å²) in [6.07, 6.45) is 3.57. The molecule has 0 aliphatic carbocycles. The average Bonchev–Trinajstić information content (AvgIpc) is 2.78. The molecule has 0 bridgehead atoms. The van der Waals surface area contributed by atoms with E-state index in [9.17, 15) is 0 Å². The maximum absolute atomic E-state index is 6.02. The van der Waals surface area contributed by atoms with Gasteiger partial charge in [0.1, 0.15) is 0 Å². The molecule has 16 heavy (non-hydrogen) atoms. The van der Waals surface area contributed by atoms with Crippen molar-refractivity contribution in [3.63, 3.8) is 0 Å². The molecule has 2 N–H and O–H groups in total. The van der Waals surface area contributed by atoms with Gasteiger partial charge >= 0.3 is 0 Å². The van der Waals surface area contributed by atoms with Gasteiger partial charge in [-0.25, -0.2) is 0 Å². The Morgan fingerprint density at radius 2 is 2.12 bits per heavy atom. The Morgan fingerprint density at radius 3 is 2.81 bits per heavy atom. The van der Waals surface area contributed by atoms with E-state index in [0.717, 1.165) is 12.3 Å². The van der Waals surface area contributed by atoms with Gasteiger partial charge in [-0.3, -0.25) is 0 Å². The summed E-state index contributed by atoms with van der Waals surface area (Å²) in [6.45, 7) is 4.54. The molecule has 1 saturated heterocycles. The molecule has 0 saturated carbocycles. The molecular weight excluding hydrogens is 196 g/mol. The summed E-state index contributed by atoms with van der Waals surface area (Å²) in [7, 11) is 0. The second-order valence-corrected chi connectivity index (χ2v) is 4.84. The van der Waals surface area contributed by atoms with Crippen LogP contribution in [0.5, 0.6) is 0 Å². The predicted molar refractivity (Wildman–Crippen MR) is 69.6 cm³/mol. The fourth-order valence-electron chi connectivity index (χ4n) is 2.49. The molecule has 88 valence electrons. The molecule has 1 fully saturated rings. The van der Waals surface area contributed by atoms with E-state index >= 15 is 0 Å². The van der Waals surface area contributed by atoms with E-state index in [2.05, 4.69) is 42.2 Å². The quantitative estimate of drug-likeness (QED) is 0.842. The third-order valence-corrected chi connectivity index (χ3v) is 3.57. The van der Waals surface area contributed by atoms with Gasteiger partial charge in [0.25, 0.3) is 0 Å². The Kier molecular flexibility index (Phi) is 3.83. The van der Waals surface area contributed by atoms with Crippen LogP contribution in [0.3, 0.4) is 0 Å². The van der Waals surface area contributed by atoms with Gasteiger partial charge in [-0.15, -0.1) is 0 Å². The average molecular weight is 218 g/mol. The highest BCUT2D eigenvalue weighted by molar-refractivity contribution is 5.46. The number of hydrogen-bond acceptors (Lipinski definition) is 2. The molecule has 1 heterocycles. The molecule has 0 spiro atoms. The minimum atomic E-state index is 0.390. The van der Waals surface area contributed by atoms with Gasteiger partial charge in [0.05, 0.1) is 0 Å². The second kappa shape index (κ2) is 5.35. The molecule has 0 radical (unpaired) electrons. The number of nitrogens with zero attached hydrogens (tertiary/aromatic N) is 1. The third kappa shape index (κ3) is 2.76. The van der Waals surface area contributed by atoms with Crippen molar-refractivity contribution >= 4 is 5.69 Å². The van der Waals surface area contributed by atoms with Crippen molar-refractivity contribution in [1.82, 2.24) is 0 Å². The van der Waals surface area contributed by atoms with Crippen molar-refractivity contribution in [2.45, 2.75) is 32.2 Å². The third-order valence-electron chi connectivity index (χ3n) is 3.57. The lowest BCUT2D eigenvalue weighted by molar-refractivity contribution is 0.458. The fourth-order valence-corrected chi connectivity index (χ4v) is 2.49. The molecule has 0 amide bonds. The van der Waals surface area contributed by atoms with Crippen molar-refractivity contribution in [2.24, 2.45) is 11.7 Å². The Hall–Kier alpha value is -1.02. The highest BCUT2D eigenvalue weighted by Crippen LogP contribution is 2.26. The zero-order valence-electron chi connectivity index (χ0n) is 10.1. The second-order valence-electron chi connectivity index (χ2n) is 4.84. The van der Waals surface area contributed by atoms with Crippen molar-refractivity contribution in [1.29, 1.82) is 0 Å². The monoisotopic (exact) mass is 218 g/mol. The van der Waals surface area contributed by atoms with Crippen LogP contribution < -0.4 is 10.6 Å². The summed E-state index contributed by atoms with van der Waals surface area (Å²) in [6, 6.07) is 11.1. The maximum Gasteiger partial charge on any atom is 0.0366 e. The van der Waals surface area contributed by atoms with Gasteiger partial charge in [-0.05, 0) is 37.3 Å². The van der Waals surface area contributed by atoms with E-state index in [-0.39, 0.29) is 0 Å². The molecule has 2 atom stereocenters. The lowest BCUT2D eigenvalue weighted by Gasteiger charge is -2.19. The number of hydrogen-bond donors (Lipinski definition) is 1. The van der Waals surface area contributed by atoms with Crippen LogP contribution in [0.2, 0.25) is 0 Å². The topological polar surface area (TPSA) is 29.3 Å². The first-order chi connectivity index (χ1) is 7.79. The Balaban J connectivity index is 1.89. The molecule has 1 aliphatic rings. The van der Waals surface area contributed by atoms with E-state index in [1.807, 2.05) is 0 Å². The molecular formula is C14H22N2. The van der Waals surface area contributed by atoms with Crippen molar-refractivity contribution in [2.75, 3.05) is 18.0 Å². The van der Waals surface area contributed by atoms with Crippen LogP contribution in [0.4, 0.5) is 5.69 Å². The summed E-state index contributed by atoms with van der Waals surface area (Å²) < 4.78 is 0. The molecule has 2 rings (SSSR count). The number of para-hydroxylation sites is 1. The van der Waals surface area contributed by atoms with Crippen LogP contribution in [-0.4, -0.2) is 19.1 Å². The fraction of sp³-hybridized carbons (Fsp3) is 0.571. The van der Waals surface area contributed by atoms with Gasteiger partial charge in [0, 0.05) is 24.8 Å². The van der Waals surface area contributed by atoms with Gasteiger partial charge in [-0.1, -0.05) is 25.1 Å². The summed E-state index contributed by atoms with van der Waals surface area (Å²) in [5.74, 6) is 0.787. The predicted octanol–water partition coefficient (Wildman–Crippen LogP) is 2.64. The summed E-state index contributed by atoms with van der Waals surface area (Å²) in [4.78, 5) is 2.48. The van der Waals surface area contributed by atoms with Gasteiger partial charge < -0.3 is 10.6 Å². The number of anilines is 1. The van der Waals surface area contributed by atoms with Crippen LogP contribution in [0.1, 0.15) is 26.2 Å². The number of nitrogens with two attached hydrogens (primary N) is 1. The van der Waals surface area contributed by atoms with E-state index in [0.29, 0.717) is 6.04 Å². The molecule has 2 nitrogen and oxygen atoms in total. The van der Waals surface area contributed by atoms with Gasteiger partial charge in [0.15, 0.2) is 0 Å². The first-order valence-corrected chi connectivity index (χ1v) is 6.35. The lowest BCUT2D eigenvalue weighted by Crippen LogP contribution is -2.25. The highest BCUT2D eigenvalue weighted by atomic mass is 15.1. The standard InChI is InChI=1S/C14H22N2/c1-2-13(15)10-12-8-9-16(11-12)14-6-4-3-5-7-14/h3-7,12-13H,2,8-11,15H2,1H3. The Labute approximate surface area is 98.4 Å². The van der Waals surface area contributed by atoms with Crippen LogP contribution in [0.25, 0.3) is 0 Å². The minimum absolute atomic E-state index is 0.390. The zero-order chi connectivity index (χ0) is 11.4. The minimum Gasteiger partial charge on any atom is -0.371 e. The highest BCUT2D eigenvalue weighted by Gasteiger charge is 2.23. The first-order valence-electron chi connectivity index (χ1n) is 6.35.